The average Bonchev–Trinajstić information content (AvgIpc) is 2.89. The molecule has 0 amide bonds. The number of esters is 2. The van der Waals surface area contributed by atoms with E-state index in [1.54, 1.807) is 6.21 Å². The van der Waals surface area contributed by atoms with Crippen LogP contribution >= 0.6 is 0 Å². The summed E-state index contributed by atoms with van der Waals surface area (Å²) in [6.45, 7) is 9.73. The molecular weight excluding hydrogens is 454 g/mol. The topological polar surface area (TPSA) is 74.2 Å². The lowest BCUT2D eigenvalue weighted by Gasteiger charge is -2.09. The summed E-state index contributed by atoms with van der Waals surface area (Å²) in [4.78, 5) is 26.3. The van der Waals surface area contributed by atoms with Crippen LogP contribution in [0.3, 0.4) is 0 Å². The molecule has 0 heterocycles. The highest BCUT2D eigenvalue weighted by Gasteiger charge is 2.01. The Balaban J connectivity index is 1.78. The predicted molar refractivity (Wildman–Crippen MR) is 141 cm³/mol. The third-order valence-corrected chi connectivity index (χ3v) is 4.60. The summed E-state index contributed by atoms with van der Waals surface area (Å²) < 4.78 is 15.6. The fraction of sp³-hybridized carbons (Fsp3) is 0.233. The molecule has 6 nitrogen and oxygen atoms in total. The van der Waals surface area contributed by atoms with E-state index in [1.807, 2.05) is 49.4 Å². The van der Waals surface area contributed by atoms with E-state index in [2.05, 4.69) is 41.8 Å². The molecule has 2 aromatic rings. The summed E-state index contributed by atoms with van der Waals surface area (Å²) in [5, 5.41) is 0. The minimum absolute atomic E-state index is 0.290. The Bertz CT molecular complexity index is 1200. The molecule has 0 aromatic heterocycles. The number of unbranched alkanes of at least 4 members (excludes halogenated alkanes) is 1. The predicted octanol–water partition coefficient (Wildman–Crippen LogP) is 5.11. The highest BCUT2D eigenvalue weighted by Crippen LogP contribution is 2.19. The number of aryl methyl sites for hydroxylation is 1. The normalized spacial score (nSPS) is 9.81. The average molecular weight is 484 g/mol. The Morgan fingerprint density at radius 1 is 0.861 bits per heavy atom. The summed E-state index contributed by atoms with van der Waals surface area (Å²) >= 11 is 0. The number of ether oxygens (including phenoxy) is 3. The van der Waals surface area contributed by atoms with Crippen LogP contribution in [0.15, 0.2) is 72.8 Å². The van der Waals surface area contributed by atoms with Crippen molar-refractivity contribution < 1.29 is 23.8 Å². The van der Waals surface area contributed by atoms with Crippen LogP contribution in [0.2, 0.25) is 0 Å². The molecule has 0 atom stereocenters. The fourth-order valence-corrected chi connectivity index (χ4v) is 2.78. The maximum atomic E-state index is 11.0. The van der Waals surface area contributed by atoms with Crippen LogP contribution in [-0.2, 0) is 19.1 Å². The van der Waals surface area contributed by atoms with Gasteiger partial charge in [0.2, 0.25) is 0 Å². The molecule has 0 aliphatic heterocycles. The second-order valence-corrected chi connectivity index (χ2v) is 7.43. The van der Waals surface area contributed by atoms with Crippen molar-refractivity contribution in [3.05, 3.63) is 84.5 Å². The second-order valence-electron chi connectivity index (χ2n) is 7.43. The summed E-state index contributed by atoms with van der Waals surface area (Å²) in [6, 6.07) is 13.2. The largest absolute Gasteiger partial charge is 0.493 e. The monoisotopic (exact) mass is 483 g/mol. The van der Waals surface area contributed by atoms with Crippen molar-refractivity contribution in [2.75, 3.05) is 19.8 Å². The Labute approximate surface area is 212 Å². The van der Waals surface area contributed by atoms with E-state index in [1.165, 1.54) is 0 Å². The molecule has 0 saturated heterocycles. The molecule has 36 heavy (non-hydrogen) atoms. The Hall–Kier alpha value is -4.55. The van der Waals surface area contributed by atoms with E-state index >= 15 is 0 Å². The van der Waals surface area contributed by atoms with Crippen LogP contribution < -0.4 is 4.74 Å². The molecule has 6 heteroatoms. The number of carbonyl (C=O) groups is 2. The molecule has 0 aliphatic carbocycles. The van der Waals surface area contributed by atoms with E-state index in [0.717, 1.165) is 40.3 Å². The minimum atomic E-state index is -0.433. The van der Waals surface area contributed by atoms with Gasteiger partial charge < -0.3 is 14.2 Å². The maximum absolute atomic E-state index is 11.0. The van der Waals surface area contributed by atoms with E-state index < -0.39 is 11.9 Å². The van der Waals surface area contributed by atoms with Crippen LogP contribution in [0.5, 0.6) is 5.75 Å². The quantitative estimate of drug-likeness (QED) is 0.138. The molecule has 0 bridgehead atoms. The molecule has 184 valence electrons. The van der Waals surface area contributed by atoms with Gasteiger partial charge in [-0.05, 0) is 79.6 Å². The first-order valence-electron chi connectivity index (χ1n) is 11.5. The van der Waals surface area contributed by atoms with Gasteiger partial charge in [-0.3, -0.25) is 4.99 Å². The smallest absolute Gasteiger partial charge is 0.330 e. The first kappa shape index (κ1) is 27.7. The molecule has 0 aliphatic rings. The second kappa shape index (κ2) is 16.1. The van der Waals surface area contributed by atoms with Gasteiger partial charge in [-0.25, -0.2) is 9.59 Å². The van der Waals surface area contributed by atoms with Gasteiger partial charge in [0.15, 0.2) is 0 Å². The van der Waals surface area contributed by atoms with Crippen LogP contribution in [0, 0.1) is 30.6 Å². The molecule has 0 saturated carbocycles. The summed E-state index contributed by atoms with van der Waals surface area (Å²) in [6.07, 6.45) is 6.10. The SMILES string of the molecule is C=CC(=O)OCCCC=Nc1ccc(C#CC#Cc2ccc(OCCCOC(=O)C=C)c(C)c2)cc1. The van der Waals surface area contributed by atoms with Crippen molar-refractivity contribution in [3.8, 4) is 29.4 Å². The first-order valence-corrected chi connectivity index (χ1v) is 11.5. The number of hydrogen-bond donors (Lipinski definition) is 0. The highest BCUT2D eigenvalue weighted by atomic mass is 16.5. The van der Waals surface area contributed by atoms with Gasteiger partial charge in [-0.1, -0.05) is 25.0 Å². The molecule has 2 rings (SSSR count). The van der Waals surface area contributed by atoms with E-state index in [0.29, 0.717) is 39.1 Å². The van der Waals surface area contributed by atoms with Gasteiger partial charge >= 0.3 is 11.9 Å². The number of rotatable bonds is 12. The number of carbonyl (C=O) groups excluding carboxylic acids is 2. The summed E-state index contributed by atoms with van der Waals surface area (Å²) in [7, 11) is 0. The van der Waals surface area contributed by atoms with Gasteiger partial charge in [0.05, 0.1) is 25.5 Å². The van der Waals surface area contributed by atoms with Gasteiger partial charge in [0.1, 0.15) is 5.75 Å². The lowest BCUT2D eigenvalue weighted by Crippen LogP contribution is -2.07. The van der Waals surface area contributed by atoms with Crippen LogP contribution in [-0.4, -0.2) is 38.0 Å². The van der Waals surface area contributed by atoms with Crippen molar-refractivity contribution >= 4 is 23.8 Å². The molecule has 0 radical (unpaired) electrons. The zero-order valence-electron chi connectivity index (χ0n) is 20.4. The van der Waals surface area contributed by atoms with Crippen LogP contribution in [0.4, 0.5) is 5.69 Å². The third kappa shape index (κ3) is 11.0. The Morgan fingerprint density at radius 3 is 2.11 bits per heavy atom. The van der Waals surface area contributed by atoms with Gasteiger partial charge in [0, 0.05) is 35.9 Å². The lowest BCUT2D eigenvalue weighted by atomic mass is 10.1. The highest BCUT2D eigenvalue weighted by molar-refractivity contribution is 5.81. The number of aliphatic imine (C=N–C) groups is 1. The van der Waals surface area contributed by atoms with E-state index in [9.17, 15) is 9.59 Å². The van der Waals surface area contributed by atoms with Crippen molar-refractivity contribution in [2.45, 2.75) is 26.2 Å². The van der Waals surface area contributed by atoms with Crippen molar-refractivity contribution in [2.24, 2.45) is 4.99 Å². The zero-order chi connectivity index (χ0) is 26.0. The summed E-state index contributed by atoms with van der Waals surface area (Å²) in [5.41, 5.74) is 3.48. The van der Waals surface area contributed by atoms with Crippen molar-refractivity contribution in [1.29, 1.82) is 0 Å². The number of hydrogen-bond acceptors (Lipinski definition) is 6. The van der Waals surface area contributed by atoms with Gasteiger partial charge in [0.25, 0.3) is 0 Å². The lowest BCUT2D eigenvalue weighted by molar-refractivity contribution is -0.138. The van der Waals surface area contributed by atoms with Crippen molar-refractivity contribution in [3.63, 3.8) is 0 Å². The molecule has 0 N–H and O–H groups in total. The molecule has 0 fully saturated rings. The van der Waals surface area contributed by atoms with Gasteiger partial charge in [-0.15, -0.1) is 0 Å². The standard InChI is InChI=1S/C30H29NO5/c1-4-29(32)35-20-9-8-19-31-27-16-13-25(14-17-27)11-6-7-12-26-15-18-28(24(3)23-26)34-21-10-22-36-30(33)5-2/h4-5,13-19,23H,1-2,8-10,20-22H2,3H3. The van der Waals surface area contributed by atoms with Gasteiger partial charge in [-0.2, -0.15) is 0 Å². The third-order valence-electron chi connectivity index (χ3n) is 4.60. The Kier molecular flexibility index (Phi) is 12.4. The summed E-state index contributed by atoms with van der Waals surface area (Å²) in [5.74, 6) is 11.7. The molecule has 0 unspecified atom stereocenters. The molecule has 2 aromatic carbocycles. The van der Waals surface area contributed by atoms with Crippen LogP contribution in [0.1, 0.15) is 36.0 Å². The molecular formula is C30H29NO5. The number of nitrogens with zero attached hydrogens (tertiary/aromatic N) is 1. The van der Waals surface area contributed by atoms with E-state index in [-0.39, 0.29) is 0 Å². The maximum Gasteiger partial charge on any atom is 0.330 e. The van der Waals surface area contributed by atoms with E-state index in [4.69, 9.17) is 14.2 Å². The van der Waals surface area contributed by atoms with Crippen molar-refractivity contribution in [1.82, 2.24) is 0 Å². The van der Waals surface area contributed by atoms with Crippen LogP contribution in [0.25, 0.3) is 0 Å². The first-order chi connectivity index (χ1) is 17.5. The number of benzene rings is 2. The zero-order valence-corrected chi connectivity index (χ0v) is 20.4. The molecule has 0 spiro atoms. The minimum Gasteiger partial charge on any atom is -0.493 e. The Morgan fingerprint density at radius 2 is 1.47 bits per heavy atom. The fourth-order valence-electron chi connectivity index (χ4n) is 2.78.